The topological polar surface area (TPSA) is 101 Å². The van der Waals surface area contributed by atoms with Gasteiger partial charge < -0.3 is 19.8 Å². The van der Waals surface area contributed by atoms with E-state index in [9.17, 15) is 29.0 Å². The van der Waals surface area contributed by atoms with Crippen LogP contribution in [0.15, 0.2) is 29.2 Å². The third-order valence-corrected chi connectivity index (χ3v) is 4.51. The molecule has 0 unspecified atom stereocenters. The fourth-order valence-electron chi connectivity index (χ4n) is 2.10. The summed E-state index contributed by atoms with van der Waals surface area (Å²) in [6.45, 7) is 0. The minimum Gasteiger partial charge on any atom is -0.550 e. The summed E-state index contributed by atoms with van der Waals surface area (Å²) in [6, 6.07) is 3.98. The normalized spacial score (nSPS) is 17.4. The quantitative estimate of drug-likeness (QED) is 0.501. The first-order valence-electron chi connectivity index (χ1n) is 6.73. The van der Waals surface area contributed by atoms with E-state index in [2.05, 4.69) is 0 Å². The molecule has 0 spiro atoms. The van der Waals surface area contributed by atoms with E-state index in [1.54, 1.807) is 6.07 Å². The second kappa shape index (κ2) is 7.54. The lowest BCUT2D eigenvalue weighted by molar-refractivity contribution is -0.311. The molecule has 1 saturated heterocycles. The van der Waals surface area contributed by atoms with Crippen molar-refractivity contribution in [2.45, 2.75) is 18.9 Å². The summed E-state index contributed by atoms with van der Waals surface area (Å²) in [5, 5.41) is 21.8. The second-order valence-electron chi connectivity index (χ2n) is 4.85. The summed E-state index contributed by atoms with van der Waals surface area (Å²) >= 11 is 5.87. The van der Waals surface area contributed by atoms with Crippen LogP contribution in [0.3, 0.4) is 0 Å². The predicted octanol–water partition coefficient (Wildman–Crippen LogP) is -0.324. The highest BCUT2D eigenvalue weighted by atomic mass is 32.2. The molecule has 2 rings (SSSR count). The fourth-order valence-corrected chi connectivity index (χ4v) is 3.46. The van der Waals surface area contributed by atoms with Gasteiger partial charge in [-0.05, 0) is 36.6 Å². The minimum absolute atomic E-state index is 0.0322. The van der Waals surface area contributed by atoms with Crippen LogP contribution in [0.5, 0.6) is 0 Å². The van der Waals surface area contributed by atoms with Crippen LogP contribution in [0.2, 0.25) is 0 Å². The lowest BCUT2D eigenvalue weighted by Gasteiger charge is -2.27. The molecule has 1 aromatic carbocycles. The number of thiocarbonyl (C=S) groups is 1. The largest absolute Gasteiger partial charge is 0.550 e. The molecule has 0 aromatic heterocycles. The Kier molecular flexibility index (Phi) is 5.68. The second-order valence-corrected chi connectivity index (χ2v) is 6.53. The molecule has 0 bridgehead atoms. The molecule has 6 nitrogen and oxygen atoms in total. The van der Waals surface area contributed by atoms with Crippen molar-refractivity contribution in [3.05, 3.63) is 40.6 Å². The minimum atomic E-state index is -1.61. The molecule has 0 radical (unpaired) electrons. The maximum absolute atomic E-state index is 13.2. The molecule has 1 atom stereocenters. The van der Waals surface area contributed by atoms with Gasteiger partial charge in [-0.25, -0.2) is 4.39 Å². The van der Waals surface area contributed by atoms with Crippen molar-refractivity contribution in [1.82, 2.24) is 4.90 Å². The summed E-state index contributed by atoms with van der Waals surface area (Å²) in [4.78, 5) is 35.1. The molecule has 1 aliphatic rings. The first kappa shape index (κ1) is 18.1. The summed E-state index contributed by atoms with van der Waals surface area (Å²) in [5.74, 6) is -4.23. The first-order chi connectivity index (χ1) is 11.3. The highest BCUT2D eigenvalue weighted by Crippen LogP contribution is 2.34. The van der Waals surface area contributed by atoms with Crippen LogP contribution in [0.25, 0.3) is 6.08 Å². The molecular weight excluding hydrogens is 357 g/mol. The van der Waals surface area contributed by atoms with Crippen molar-refractivity contribution in [1.29, 1.82) is 0 Å². The smallest absolute Gasteiger partial charge is 0.266 e. The van der Waals surface area contributed by atoms with E-state index in [1.807, 2.05) is 0 Å². The zero-order valence-electron chi connectivity index (χ0n) is 12.1. The Balaban J connectivity index is 2.26. The number of carbonyl (C=O) groups is 3. The number of halogens is 1. The summed E-state index contributed by atoms with van der Waals surface area (Å²) in [7, 11) is 0. The van der Waals surface area contributed by atoms with Gasteiger partial charge >= 0.3 is 0 Å². The van der Waals surface area contributed by atoms with Crippen LogP contribution >= 0.6 is 24.0 Å². The van der Waals surface area contributed by atoms with Gasteiger partial charge in [0.05, 0.1) is 16.9 Å². The summed E-state index contributed by atoms with van der Waals surface area (Å²) in [6.07, 6.45) is 0.441. The van der Waals surface area contributed by atoms with Crippen molar-refractivity contribution >= 4 is 52.2 Å². The third-order valence-electron chi connectivity index (χ3n) is 3.18. The molecule has 0 N–H and O–H groups in total. The molecule has 0 aliphatic carbocycles. The molecule has 1 fully saturated rings. The van der Waals surface area contributed by atoms with Gasteiger partial charge in [-0.1, -0.05) is 36.1 Å². The van der Waals surface area contributed by atoms with Crippen LogP contribution in [-0.4, -0.2) is 33.1 Å². The van der Waals surface area contributed by atoms with E-state index in [0.717, 1.165) is 16.7 Å². The van der Waals surface area contributed by atoms with E-state index < -0.39 is 36.1 Å². The lowest BCUT2D eigenvalue weighted by atomic mass is 10.1. The number of carbonyl (C=O) groups excluding carboxylic acids is 3. The molecule has 0 saturated carbocycles. The Morgan fingerprint density at radius 2 is 2.08 bits per heavy atom. The summed E-state index contributed by atoms with van der Waals surface area (Å²) in [5.41, 5.74) is 0.412. The number of amides is 1. The van der Waals surface area contributed by atoms with Crippen molar-refractivity contribution in [3.8, 4) is 0 Å². The zero-order chi connectivity index (χ0) is 17.9. The monoisotopic (exact) mass is 367 g/mol. The molecule has 9 heteroatoms. The molecule has 24 heavy (non-hydrogen) atoms. The fraction of sp³-hybridized carbons (Fsp3) is 0.200. The molecule has 126 valence electrons. The number of benzene rings is 1. The molecule has 1 heterocycles. The Bertz CT molecular complexity index is 749. The highest BCUT2D eigenvalue weighted by molar-refractivity contribution is 8.26. The average Bonchev–Trinajstić information content (AvgIpc) is 2.74. The summed E-state index contributed by atoms with van der Waals surface area (Å²) < 4.78 is 13.2. The molecule has 1 aromatic rings. The average molecular weight is 367 g/mol. The van der Waals surface area contributed by atoms with Crippen molar-refractivity contribution in [2.75, 3.05) is 0 Å². The van der Waals surface area contributed by atoms with Gasteiger partial charge in [-0.2, -0.15) is 0 Å². The SMILES string of the molecule is O=C([O-])CC[C@@H](C(=O)[O-])N1C(=O)/C(=C\c2cccc(F)c2)SC1=S. The molecule has 1 amide bonds. The van der Waals surface area contributed by atoms with Gasteiger partial charge in [0.2, 0.25) is 0 Å². The van der Waals surface area contributed by atoms with Crippen LogP contribution in [-0.2, 0) is 14.4 Å². The van der Waals surface area contributed by atoms with Crippen LogP contribution in [0.1, 0.15) is 18.4 Å². The zero-order valence-corrected chi connectivity index (χ0v) is 13.7. The predicted molar refractivity (Wildman–Crippen MR) is 84.4 cm³/mol. The standard InChI is InChI=1S/C15H12FNO5S2/c16-9-3-1-2-8(6-9)7-11-13(20)17(15(23)24-11)10(14(21)22)4-5-12(18)19/h1-3,6-7,10H,4-5H2,(H,18,19)(H,21,22)/p-2/b11-7+/t10-/m0/s1. The van der Waals surface area contributed by atoms with Crippen molar-refractivity contribution in [2.24, 2.45) is 0 Å². The number of nitrogens with zero attached hydrogens (tertiary/aromatic N) is 1. The Morgan fingerprint density at radius 1 is 1.38 bits per heavy atom. The van der Waals surface area contributed by atoms with Gasteiger partial charge in [-0.3, -0.25) is 9.69 Å². The van der Waals surface area contributed by atoms with Crippen molar-refractivity contribution < 1.29 is 29.0 Å². The highest BCUT2D eigenvalue weighted by Gasteiger charge is 2.37. The van der Waals surface area contributed by atoms with Gasteiger partial charge in [0.25, 0.3) is 5.91 Å². The molecular formula is C15H10FNO5S2-2. The maximum atomic E-state index is 13.2. The Hall–Kier alpha value is -2.26. The molecule has 1 aliphatic heterocycles. The number of carboxylic acid groups (broad SMARTS) is 2. The van der Waals surface area contributed by atoms with Crippen molar-refractivity contribution in [3.63, 3.8) is 0 Å². The van der Waals surface area contributed by atoms with Crippen LogP contribution in [0, 0.1) is 5.82 Å². The number of hydrogen-bond acceptors (Lipinski definition) is 7. The number of rotatable bonds is 6. The number of aliphatic carboxylic acids is 2. The maximum Gasteiger partial charge on any atom is 0.266 e. The number of carboxylic acids is 2. The van der Waals surface area contributed by atoms with Gasteiger partial charge in [-0.15, -0.1) is 0 Å². The van der Waals surface area contributed by atoms with Gasteiger partial charge in [0, 0.05) is 5.97 Å². The number of thioether (sulfide) groups is 1. The van der Waals surface area contributed by atoms with E-state index in [0.29, 0.717) is 5.56 Å². The Morgan fingerprint density at radius 3 is 2.67 bits per heavy atom. The lowest BCUT2D eigenvalue weighted by Crippen LogP contribution is -2.50. The van der Waals surface area contributed by atoms with E-state index in [1.165, 1.54) is 24.3 Å². The first-order valence-corrected chi connectivity index (χ1v) is 7.95. The van der Waals surface area contributed by atoms with Crippen LogP contribution in [0.4, 0.5) is 4.39 Å². The number of hydrogen-bond donors (Lipinski definition) is 0. The third kappa shape index (κ3) is 4.18. The van der Waals surface area contributed by atoms with E-state index in [-0.39, 0.29) is 15.6 Å². The van der Waals surface area contributed by atoms with E-state index in [4.69, 9.17) is 12.2 Å². The van der Waals surface area contributed by atoms with E-state index >= 15 is 0 Å². The Labute approximate surface area is 146 Å². The van der Waals surface area contributed by atoms with Gasteiger partial charge in [0.1, 0.15) is 10.1 Å². The van der Waals surface area contributed by atoms with Crippen LogP contribution < -0.4 is 10.2 Å². The van der Waals surface area contributed by atoms with Gasteiger partial charge in [0.15, 0.2) is 0 Å².